The lowest BCUT2D eigenvalue weighted by molar-refractivity contribution is 0.0315. The zero-order valence-electron chi connectivity index (χ0n) is 13.7. The Kier molecular flexibility index (Phi) is 6.81. The van der Waals surface area contributed by atoms with E-state index in [1.807, 2.05) is 0 Å². The fourth-order valence-electron chi connectivity index (χ4n) is 3.74. The first-order valence-electron chi connectivity index (χ1n) is 7.84. The second-order valence-corrected chi connectivity index (χ2v) is 6.63. The van der Waals surface area contributed by atoms with Crippen LogP contribution in [0, 0.1) is 22.7 Å². The highest BCUT2D eigenvalue weighted by Gasteiger charge is 2.40. The lowest BCUT2D eigenvalue weighted by atomic mass is 9.58. The number of hydrogen-bond acceptors (Lipinski definition) is 0. The highest BCUT2D eigenvalue weighted by atomic mass is 14.5. The van der Waals surface area contributed by atoms with Gasteiger partial charge in [0, 0.05) is 0 Å². The van der Waals surface area contributed by atoms with Crippen LogP contribution in [0.5, 0.6) is 0 Å². The molecule has 17 heavy (non-hydrogen) atoms. The van der Waals surface area contributed by atoms with Gasteiger partial charge in [0.25, 0.3) is 0 Å². The molecule has 0 amide bonds. The third-order valence-corrected chi connectivity index (χ3v) is 5.97. The van der Waals surface area contributed by atoms with Gasteiger partial charge in [0.05, 0.1) is 0 Å². The maximum atomic E-state index is 2.42. The summed E-state index contributed by atoms with van der Waals surface area (Å²) in [6, 6.07) is 0. The summed E-state index contributed by atoms with van der Waals surface area (Å²) in [6.45, 7) is 19.2. The molecule has 0 atom stereocenters. The molecule has 0 spiro atoms. The summed E-state index contributed by atoms with van der Waals surface area (Å²) in [5, 5.41) is 0. The van der Waals surface area contributed by atoms with Gasteiger partial charge in [-0.15, -0.1) is 0 Å². The third-order valence-electron chi connectivity index (χ3n) is 5.97. The molecule has 0 unspecified atom stereocenters. The smallest absolute Gasteiger partial charge is 0.0274 e. The third kappa shape index (κ3) is 3.48. The summed E-state index contributed by atoms with van der Waals surface area (Å²) in [4.78, 5) is 0. The summed E-state index contributed by atoms with van der Waals surface area (Å²) in [5.41, 5.74) is 1.10. The maximum absolute atomic E-state index is 2.42. The van der Waals surface area contributed by atoms with E-state index in [-0.39, 0.29) is 0 Å². The van der Waals surface area contributed by atoms with Crippen LogP contribution in [0.4, 0.5) is 0 Å². The number of hydrogen-bond donors (Lipinski definition) is 0. The predicted molar refractivity (Wildman–Crippen MR) is 80.3 cm³/mol. The van der Waals surface area contributed by atoms with E-state index in [2.05, 4.69) is 55.4 Å². The van der Waals surface area contributed by atoms with E-state index in [1.54, 1.807) is 0 Å². The predicted octanol–water partition coefficient (Wildman–Crippen LogP) is 6.30. The average Bonchev–Trinajstić information content (AvgIpc) is 2.31. The first kappa shape index (κ1) is 17.0. The van der Waals surface area contributed by atoms with Gasteiger partial charge in [-0.25, -0.2) is 0 Å². The van der Waals surface area contributed by atoms with Crippen molar-refractivity contribution in [2.24, 2.45) is 22.7 Å². The lowest BCUT2D eigenvalue weighted by Crippen LogP contribution is -2.37. The van der Waals surface area contributed by atoms with Crippen molar-refractivity contribution in [2.45, 2.75) is 87.5 Å². The Bertz CT molecular complexity index is 170. The average molecular weight is 240 g/mol. The number of rotatable bonds is 8. The Morgan fingerprint density at radius 1 is 0.588 bits per heavy atom. The maximum Gasteiger partial charge on any atom is -0.0274 e. The Hall–Kier alpha value is 0. The molecule has 0 heteroatoms. The van der Waals surface area contributed by atoms with Crippen LogP contribution in [0.25, 0.3) is 0 Å². The highest BCUT2D eigenvalue weighted by Crippen LogP contribution is 2.51. The zero-order valence-corrected chi connectivity index (χ0v) is 13.7. The van der Waals surface area contributed by atoms with Gasteiger partial charge in [-0.3, -0.25) is 0 Å². The van der Waals surface area contributed by atoms with Gasteiger partial charge in [-0.2, -0.15) is 0 Å². The second kappa shape index (κ2) is 6.81. The molecule has 0 saturated carbocycles. The second-order valence-electron chi connectivity index (χ2n) is 6.63. The van der Waals surface area contributed by atoms with E-state index in [0.717, 1.165) is 11.8 Å². The van der Waals surface area contributed by atoms with Gasteiger partial charge in [0.15, 0.2) is 0 Å². The van der Waals surface area contributed by atoms with E-state index in [4.69, 9.17) is 0 Å². The van der Waals surface area contributed by atoms with Crippen LogP contribution in [0.1, 0.15) is 87.5 Å². The first-order valence-corrected chi connectivity index (χ1v) is 7.84. The van der Waals surface area contributed by atoms with Crippen LogP contribution in [0.2, 0.25) is 0 Å². The molecule has 104 valence electrons. The van der Waals surface area contributed by atoms with E-state index < -0.39 is 0 Å². The normalized spacial score (nSPS) is 13.8. The van der Waals surface area contributed by atoms with Crippen LogP contribution in [-0.2, 0) is 0 Å². The Labute approximate surface area is 111 Å². The van der Waals surface area contributed by atoms with Crippen molar-refractivity contribution in [1.29, 1.82) is 0 Å². The molecule has 0 aliphatic rings. The largest absolute Gasteiger partial charge is 0.0648 e. The Morgan fingerprint density at radius 3 is 0.941 bits per heavy atom. The van der Waals surface area contributed by atoms with Crippen molar-refractivity contribution < 1.29 is 0 Å². The van der Waals surface area contributed by atoms with E-state index in [0.29, 0.717) is 10.8 Å². The molecule has 0 rings (SSSR count). The van der Waals surface area contributed by atoms with Crippen LogP contribution < -0.4 is 0 Å². The molecule has 0 saturated heterocycles. The molecule has 0 aliphatic carbocycles. The molecule has 0 nitrogen and oxygen atoms in total. The zero-order chi connectivity index (χ0) is 13.7. The van der Waals surface area contributed by atoms with Crippen LogP contribution >= 0.6 is 0 Å². The van der Waals surface area contributed by atoms with Crippen LogP contribution in [0.15, 0.2) is 0 Å². The standard InChI is InChI=1S/C17H36/c1-9-16(10-2,14(5)6)13-17(11-3,12-4)15(7)8/h14-15H,9-13H2,1-8H3. The monoisotopic (exact) mass is 240 g/mol. The topological polar surface area (TPSA) is 0 Å². The van der Waals surface area contributed by atoms with Gasteiger partial charge in [-0.05, 0) is 29.1 Å². The molecule has 0 bridgehead atoms. The summed E-state index contributed by atoms with van der Waals surface area (Å²) in [7, 11) is 0. The van der Waals surface area contributed by atoms with Crippen molar-refractivity contribution >= 4 is 0 Å². The van der Waals surface area contributed by atoms with Crippen LogP contribution in [-0.4, -0.2) is 0 Å². The van der Waals surface area contributed by atoms with Crippen molar-refractivity contribution in [3.05, 3.63) is 0 Å². The molecule has 0 fully saturated rings. The molecule has 0 N–H and O–H groups in total. The fraction of sp³-hybridized carbons (Fsp3) is 1.00. The van der Waals surface area contributed by atoms with Gasteiger partial charge in [0.2, 0.25) is 0 Å². The van der Waals surface area contributed by atoms with E-state index in [9.17, 15) is 0 Å². The summed E-state index contributed by atoms with van der Waals surface area (Å²) in [5.74, 6) is 1.60. The first-order chi connectivity index (χ1) is 7.84. The molecule has 0 aromatic heterocycles. The molecule has 0 radical (unpaired) electrons. The fourth-order valence-corrected chi connectivity index (χ4v) is 3.74. The molecule has 0 aliphatic heterocycles. The summed E-state index contributed by atoms with van der Waals surface area (Å²) < 4.78 is 0. The van der Waals surface area contributed by atoms with Gasteiger partial charge in [-0.1, -0.05) is 81.1 Å². The summed E-state index contributed by atoms with van der Waals surface area (Å²) in [6.07, 6.45) is 6.73. The van der Waals surface area contributed by atoms with E-state index >= 15 is 0 Å². The minimum Gasteiger partial charge on any atom is -0.0648 e. The van der Waals surface area contributed by atoms with Crippen molar-refractivity contribution in [3.8, 4) is 0 Å². The molecule has 0 heterocycles. The van der Waals surface area contributed by atoms with Crippen molar-refractivity contribution in [2.75, 3.05) is 0 Å². The van der Waals surface area contributed by atoms with Gasteiger partial charge < -0.3 is 0 Å². The van der Waals surface area contributed by atoms with Crippen molar-refractivity contribution in [1.82, 2.24) is 0 Å². The Morgan fingerprint density at radius 2 is 0.824 bits per heavy atom. The molecule has 0 aromatic rings. The minimum absolute atomic E-state index is 0.552. The molecule has 0 aromatic carbocycles. The molecular weight excluding hydrogens is 204 g/mol. The summed E-state index contributed by atoms with van der Waals surface area (Å²) >= 11 is 0. The minimum atomic E-state index is 0.552. The SMILES string of the molecule is CCC(CC)(CC(CC)(CC)C(C)C)C(C)C. The van der Waals surface area contributed by atoms with E-state index in [1.165, 1.54) is 32.1 Å². The highest BCUT2D eigenvalue weighted by molar-refractivity contribution is 4.91. The molecular formula is C17H36. The van der Waals surface area contributed by atoms with Gasteiger partial charge >= 0.3 is 0 Å². The lowest BCUT2D eigenvalue weighted by Gasteiger charge is -2.47. The quantitative estimate of drug-likeness (QED) is 0.467. The Balaban J connectivity index is 5.18. The van der Waals surface area contributed by atoms with Gasteiger partial charge in [0.1, 0.15) is 0 Å². The van der Waals surface area contributed by atoms with Crippen LogP contribution in [0.3, 0.4) is 0 Å². The van der Waals surface area contributed by atoms with Crippen molar-refractivity contribution in [3.63, 3.8) is 0 Å².